The van der Waals surface area contributed by atoms with Crippen LogP contribution < -0.4 is 19.5 Å². The number of nitrogens with one attached hydrogen (secondary N) is 1. The van der Waals surface area contributed by atoms with Crippen LogP contribution in [0.2, 0.25) is 0 Å². The maximum Gasteiger partial charge on any atom is 0.164 e. The van der Waals surface area contributed by atoms with E-state index in [1.807, 2.05) is 24.3 Å². The van der Waals surface area contributed by atoms with Gasteiger partial charge in [-0.1, -0.05) is 12.1 Å². The highest BCUT2D eigenvalue weighted by atomic mass is 16.5. The summed E-state index contributed by atoms with van der Waals surface area (Å²) in [6, 6.07) is 10.1. The maximum absolute atomic E-state index is 5.86. The van der Waals surface area contributed by atoms with Gasteiger partial charge in [0.1, 0.15) is 12.4 Å². The lowest BCUT2D eigenvalue weighted by Crippen LogP contribution is -2.40. The highest BCUT2D eigenvalue weighted by Crippen LogP contribution is 2.34. The Morgan fingerprint density at radius 1 is 1.30 bits per heavy atom. The predicted octanol–water partition coefficient (Wildman–Crippen LogP) is 2.45. The third-order valence-corrected chi connectivity index (χ3v) is 3.83. The Morgan fingerprint density at radius 3 is 3.09 bits per heavy atom. The first-order valence-corrected chi connectivity index (χ1v) is 7.91. The third-order valence-electron chi connectivity index (χ3n) is 3.83. The van der Waals surface area contributed by atoms with E-state index in [0.29, 0.717) is 19.3 Å². The second kappa shape index (κ2) is 7.83. The topological polar surface area (TPSA) is 52.6 Å². The summed E-state index contributed by atoms with van der Waals surface area (Å²) in [4.78, 5) is 4.03. The lowest BCUT2D eigenvalue weighted by Gasteiger charge is -2.27. The maximum atomic E-state index is 5.86. The van der Waals surface area contributed by atoms with Gasteiger partial charge in [0.2, 0.25) is 0 Å². The molecule has 5 heteroatoms. The standard InChI is InChI=1S/C18H22N2O3/c1-21-17-7-2-5-14-11-15(13-23-18(14)17)20-9-4-10-22-16-6-3-8-19-12-16/h2-3,5-8,12,15,20H,4,9-11,13H2,1H3/t15-/m0/s1. The first kappa shape index (κ1) is 15.6. The summed E-state index contributed by atoms with van der Waals surface area (Å²) in [5, 5.41) is 3.52. The molecule has 5 nitrogen and oxygen atoms in total. The second-order valence-electron chi connectivity index (χ2n) is 5.51. The molecule has 0 unspecified atom stereocenters. The number of fused-ring (bicyclic) bond motifs is 1. The highest BCUT2D eigenvalue weighted by molar-refractivity contribution is 5.48. The zero-order chi connectivity index (χ0) is 15.9. The minimum atomic E-state index is 0.327. The van der Waals surface area contributed by atoms with E-state index in [1.54, 1.807) is 19.5 Å². The molecule has 1 N–H and O–H groups in total. The van der Waals surface area contributed by atoms with Gasteiger partial charge in [0.15, 0.2) is 11.5 Å². The van der Waals surface area contributed by atoms with E-state index in [9.17, 15) is 0 Å². The van der Waals surface area contributed by atoms with Gasteiger partial charge in [-0.05, 0) is 43.1 Å². The van der Waals surface area contributed by atoms with Gasteiger partial charge < -0.3 is 19.5 Å². The predicted molar refractivity (Wildman–Crippen MR) is 88.3 cm³/mol. The van der Waals surface area contributed by atoms with Crippen LogP contribution >= 0.6 is 0 Å². The van der Waals surface area contributed by atoms with Crippen molar-refractivity contribution in [2.75, 3.05) is 26.9 Å². The average Bonchev–Trinajstić information content (AvgIpc) is 2.61. The van der Waals surface area contributed by atoms with Crippen LogP contribution in [0.5, 0.6) is 17.2 Å². The Bertz CT molecular complexity index is 619. The van der Waals surface area contributed by atoms with Crippen molar-refractivity contribution in [2.24, 2.45) is 0 Å². The van der Waals surface area contributed by atoms with Crippen molar-refractivity contribution in [3.63, 3.8) is 0 Å². The number of pyridine rings is 1. The lowest BCUT2D eigenvalue weighted by atomic mass is 10.0. The molecule has 2 aromatic rings. The molecule has 0 radical (unpaired) electrons. The number of para-hydroxylation sites is 1. The largest absolute Gasteiger partial charge is 0.493 e. The second-order valence-corrected chi connectivity index (χ2v) is 5.51. The first-order valence-electron chi connectivity index (χ1n) is 7.91. The Labute approximate surface area is 136 Å². The fraction of sp³-hybridized carbons (Fsp3) is 0.389. The van der Waals surface area contributed by atoms with Gasteiger partial charge >= 0.3 is 0 Å². The van der Waals surface area contributed by atoms with Crippen molar-refractivity contribution >= 4 is 0 Å². The fourth-order valence-corrected chi connectivity index (χ4v) is 2.69. The Kier molecular flexibility index (Phi) is 5.32. The molecular weight excluding hydrogens is 292 g/mol. The highest BCUT2D eigenvalue weighted by Gasteiger charge is 2.21. The number of hydrogen-bond donors (Lipinski definition) is 1. The molecule has 0 spiro atoms. The summed E-state index contributed by atoms with van der Waals surface area (Å²) < 4.78 is 16.8. The quantitative estimate of drug-likeness (QED) is 0.796. The zero-order valence-corrected chi connectivity index (χ0v) is 13.3. The van der Waals surface area contributed by atoms with Crippen LogP contribution in [0.4, 0.5) is 0 Å². The molecule has 1 aliphatic heterocycles. The number of nitrogens with zero attached hydrogens (tertiary/aromatic N) is 1. The Hall–Kier alpha value is -2.27. The molecule has 1 aliphatic rings. The minimum absolute atomic E-state index is 0.327. The fourth-order valence-electron chi connectivity index (χ4n) is 2.69. The number of ether oxygens (including phenoxy) is 3. The van der Waals surface area contributed by atoms with E-state index < -0.39 is 0 Å². The molecular formula is C18H22N2O3. The summed E-state index contributed by atoms with van der Waals surface area (Å²) in [6.45, 7) is 2.24. The number of methoxy groups -OCH3 is 1. The van der Waals surface area contributed by atoms with E-state index in [0.717, 1.165) is 36.6 Å². The normalized spacial score (nSPS) is 16.3. The van der Waals surface area contributed by atoms with Gasteiger partial charge in [-0.15, -0.1) is 0 Å². The zero-order valence-electron chi connectivity index (χ0n) is 13.3. The molecule has 23 heavy (non-hydrogen) atoms. The van der Waals surface area contributed by atoms with Gasteiger partial charge in [-0.25, -0.2) is 0 Å². The van der Waals surface area contributed by atoms with Crippen LogP contribution in [0, 0.1) is 0 Å². The molecule has 1 aromatic heterocycles. The molecule has 0 aliphatic carbocycles. The molecule has 0 fully saturated rings. The van der Waals surface area contributed by atoms with Crippen molar-refractivity contribution in [2.45, 2.75) is 18.9 Å². The van der Waals surface area contributed by atoms with Crippen LogP contribution in [0.3, 0.4) is 0 Å². The summed E-state index contributed by atoms with van der Waals surface area (Å²) in [5.41, 5.74) is 1.19. The number of rotatable bonds is 7. The van der Waals surface area contributed by atoms with E-state index in [1.165, 1.54) is 5.56 Å². The molecule has 1 atom stereocenters. The smallest absolute Gasteiger partial charge is 0.164 e. The van der Waals surface area contributed by atoms with Crippen molar-refractivity contribution in [3.05, 3.63) is 48.3 Å². The summed E-state index contributed by atoms with van der Waals surface area (Å²) in [7, 11) is 1.67. The summed E-state index contributed by atoms with van der Waals surface area (Å²) in [6.07, 6.45) is 5.36. The minimum Gasteiger partial charge on any atom is -0.493 e. The van der Waals surface area contributed by atoms with E-state index in [2.05, 4.69) is 16.4 Å². The first-order chi connectivity index (χ1) is 11.4. The van der Waals surface area contributed by atoms with Crippen LogP contribution in [0.25, 0.3) is 0 Å². The van der Waals surface area contributed by atoms with E-state index >= 15 is 0 Å². The van der Waals surface area contributed by atoms with Crippen LogP contribution in [0.1, 0.15) is 12.0 Å². The molecule has 0 saturated carbocycles. The SMILES string of the molecule is COc1cccc2c1OC[C@@H](NCCCOc1cccnc1)C2. The Balaban J connectivity index is 1.40. The Morgan fingerprint density at radius 2 is 2.26 bits per heavy atom. The van der Waals surface area contributed by atoms with Crippen LogP contribution in [-0.2, 0) is 6.42 Å². The third kappa shape index (κ3) is 4.13. The van der Waals surface area contributed by atoms with Crippen molar-refractivity contribution in [1.29, 1.82) is 0 Å². The molecule has 3 rings (SSSR count). The van der Waals surface area contributed by atoms with Gasteiger partial charge in [0, 0.05) is 12.2 Å². The van der Waals surface area contributed by atoms with Gasteiger partial charge in [-0.3, -0.25) is 4.98 Å². The van der Waals surface area contributed by atoms with Gasteiger partial charge in [0.05, 0.1) is 19.9 Å². The van der Waals surface area contributed by atoms with Gasteiger partial charge in [0.25, 0.3) is 0 Å². The lowest BCUT2D eigenvalue weighted by molar-refractivity contribution is 0.223. The number of aromatic nitrogens is 1. The molecule has 122 valence electrons. The van der Waals surface area contributed by atoms with Crippen LogP contribution in [-0.4, -0.2) is 37.9 Å². The van der Waals surface area contributed by atoms with Crippen molar-refractivity contribution in [3.8, 4) is 17.2 Å². The van der Waals surface area contributed by atoms with E-state index in [4.69, 9.17) is 14.2 Å². The van der Waals surface area contributed by atoms with Gasteiger partial charge in [-0.2, -0.15) is 0 Å². The van der Waals surface area contributed by atoms with E-state index in [-0.39, 0.29) is 0 Å². The summed E-state index contributed by atoms with van der Waals surface area (Å²) in [5.74, 6) is 2.51. The number of hydrogen-bond acceptors (Lipinski definition) is 5. The molecule has 0 saturated heterocycles. The van der Waals surface area contributed by atoms with Crippen molar-refractivity contribution in [1.82, 2.24) is 10.3 Å². The molecule has 1 aromatic carbocycles. The average molecular weight is 314 g/mol. The molecule has 0 bridgehead atoms. The molecule has 2 heterocycles. The molecule has 0 amide bonds. The summed E-state index contributed by atoms with van der Waals surface area (Å²) >= 11 is 0. The monoisotopic (exact) mass is 314 g/mol. The number of benzene rings is 1. The van der Waals surface area contributed by atoms with Crippen molar-refractivity contribution < 1.29 is 14.2 Å². The van der Waals surface area contributed by atoms with Crippen LogP contribution in [0.15, 0.2) is 42.7 Å².